The van der Waals surface area contributed by atoms with Crippen LogP contribution in [0.4, 0.5) is 15.9 Å². The first kappa shape index (κ1) is 16.9. The van der Waals surface area contributed by atoms with E-state index in [1.165, 1.54) is 24.3 Å². The molecule has 0 spiro atoms. The van der Waals surface area contributed by atoms with E-state index >= 15 is 0 Å². The molecule has 1 fully saturated rings. The van der Waals surface area contributed by atoms with Gasteiger partial charge in [-0.05, 0) is 49.2 Å². The molecule has 25 heavy (non-hydrogen) atoms. The third-order valence-electron chi connectivity index (χ3n) is 3.94. The van der Waals surface area contributed by atoms with Crippen LogP contribution in [0.3, 0.4) is 0 Å². The Morgan fingerprint density at radius 3 is 2.60 bits per heavy atom. The number of hydrogen-bond acceptors (Lipinski definition) is 4. The Morgan fingerprint density at radius 1 is 1.16 bits per heavy atom. The summed E-state index contributed by atoms with van der Waals surface area (Å²) >= 11 is 0. The van der Waals surface area contributed by atoms with Crippen LogP contribution in [0.2, 0.25) is 0 Å². The summed E-state index contributed by atoms with van der Waals surface area (Å²) in [6.07, 6.45) is 3.92. The number of ether oxygens (including phenoxy) is 1. The molecule has 6 nitrogen and oxygen atoms in total. The largest absolute Gasteiger partial charge is 0.452 e. The number of nitrogens with zero attached hydrogens (tertiary/aromatic N) is 1. The van der Waals surface area contributed by atoms with Gasteiger partial charge in [-0.2, -0.15) is 0 Å². The Bertz CT molecular complexity index is 758. The van der Waals surface area contributed by atoms with Gasteiger partial charge in [-0.15, -0.1) is 0 Å². The van der Waals surface area contributed by atoms with Gasteiger partial charge < -0.3 is 10.1 Å². The van der Waals surface area contributed by atoms with Crippen LogP contribution in [0.1, 0.15) is 23.2 Å². The molecule has 1 saturated heterocycles. The van der Waals surface area contributed by atoms with Gasteiger partial charge in [0.15, 0.2) is 6.61 Å². The lowest BCUT2D eigenvalue weighted by Gasteiger charge is -2.12. The van der Waals surface area contributed by atoms with Gasteiger partial charge in [0, 0.05) is 5.69 Å². The highest BCUT2D eigenvalue weighted by Gasteiger charge is 2.27. The monoisotopic (exact) mass is 344 g/mol. The van der Waals surface area contributed by atoms with Crippen LogP contribution in [0.15, 0.2) is 42.6 Å². The number of pyridine rings is 1. The number of carbonyl (C=O) groups excluding carboxylic acids is 2. The van der Waals surface area contributed by atoms with Crippen molar-refractivity contribution < 1.29 is 23.7 Å². The van der Waals surface area contributed by atoms with E-state index in [0.717, 1.165) is 25.9 Å². The van der Waals surface area contributed by atoms with Crippen LogP contribution in [-0.2, 0) is 9.53 Å². The zero-order valence-electron chi connectivity index (χ0n) is 13.6. The van der Waals surface area contributed by atoms with E-state index in [-0.39, 0.29) is 5.82 Å². The molecule has 1 aromatic carbocycles. The molecule has 0 unspecified atom stereocenters. The second-order valence-corrected chi connectivity index (χ2v) is 5.76. The number of aromatic amines is 1. The number of H-pyrrole nitrogens is 1. The van der Waals surface area contributed by atoms with Gasteiger partial charge in [-0.25, -0.2) is 14.2 Å². The molecule has 0 aliphatic carbocycles. The van der Waals surface area contributed by atoms with E-state index in [2.05, 4.69) is 15.2 Å². The van der Waals surface area contributed by atoms with Crippen LogP contribution in [0.5, 0.6) is 0 Å². The molecule has 0 atom stereocenters. The van der Waals surface area contributed by atoms with Crippen molar-refractivity contribution in [2.75, 3.05) is 29.9 Å². The van der Waals surface area contributed by atoms with Crippen molar-refractivity contribution in [2.24, 2.45) is 0 Å². The van der Waals surface area contributed by atoms with Gasteiger partial charge in [0.1, 0.15) is 11.4 Å². The Balaban J connectivity index is 1.59. The van der Waals surface area contributed by atoms with Crippen molar-refractivity contribution >= 4 is 23.4 Å². The number of aromatic nitrogens is 1. The smallest absolute Gasteiger partial charge is 0.347 e. The second-order valence-electron chi connectivity index (χ2n) is 5.76. The lowest BCUT2D eigenvalue weighted by molar-refractivity contribution is -0.364. The van der Waals surface area contributed by atoms with Crippen molar-refractivity contribution in [3.05, 3.63) is 54.0 Å². The van der Waals surface area contributed by atoms with Crippen LogP contribution in [0.25, 0.3) is 0 Å². The SMILES string of the molecule is O=C(COC(=O)c1ccc[nH+]c1N1CCCC1)Nc1ccc(F)cc1. The topological polar surface area (TPSA) is 72.8 Å². The predicted octanol–water partition coefficient (Wildman–Crippen LogP) is 2.04. The molecule has 3 rings (SSSR count). The van der Waals surface area contributed by atoms with Gasteiger partial charge >= 0.3 is 5.97 Å². The minimum absolute atomic E-state index is 0.390. The third-order valence-corrected chi connectivity index (χ3v) is 3.94. The Labute approximate surface area is 144 Å². The lowest BCUT2D eigenvalue weighted by atomic mass is 10.2. The summed E-state index contributed by atoms with van der Waals surface area (Å²) in [5.41, 5.74) is 0.840. The van der Waals surface area contributed by atoms with Crippen molar-refractivity contribution in [3.8, 4) is 0 Å². The standard InChI is InChI=1S/C18H18FN3O3/c19-13-5-7-14(8-6-13)21-16(23)12-25-18(24)15-4-3-9-20-17(15)22-10-1-2-11-22/h3-9H,1-2,10-12H2,(H,21,23)/p+1. The number of anilines is 2. The molecule has 0 bridgehead atoms. The van der Waals surface area contributed by atoms with E-state index in [0.29, 0.717) is 17.1 Å². The van der Waals surface area contributed by atoms with Crippen molar-refractivity contribution in [3.63, 3.8) is 0 Å². The number of esters is 1. The summed E-state index contributed by atoms with van der Waals surface area (Å²) in [6, 6.07) is 8.74. The molecule has 130 valence electrons. The zero-order chi connectivity index (χ0) is 17.6. The summed E-state index contributed by atoms with van der Waals surface area (Å²) < 4.78 is 18.0. The first-order valence-electron chi connectivity index (χ1n) is 8.12. The average molecular weight is 344 g/mol. The fourth-order valence-electron chi connectivity index (χ4n) is 2.73. The van der Waals surface area contributed by atoms with Gasteiger partial charge in [0.2, 0.25) is 0 Å². The summed E-state index contributed by atoms with van der Waals surface area (Å²) in [5.74, 6) is -0.723. The van der Waals surface area contributed by atoms with E-state index in [4.69, 9.17) is 4.74 Å². The number of halogens is 1. The van der Waals surface area contributed by atoms with E-state index in [1.54, 1.807) is 18.3 Å². The Hall–Kier alpha value is -2.96. The highest BCUT2D eigenvalue weighted by atomic mass is 19.1. The Morgan fingerprint density at radius 2 is 1.88 bits per heavy atom. The van der Waals surface area contributed by atoms with Gasteiger partial charge in [0.05, 0.1) is 19.3 Å². The molecule has 1 aliphatic rings. The number of benzene rings is 1. The molecule has 2 heterocycles. The minimum atomic E-state index is -0.562. The summed E-state index contributed by atoms with van der Waals surface area (Å²) in [6.45, 7) is 1.35. The molecule has 1 aliphatic heterocycles. The number of rotatable bonds is 5. The quantitative estimate of drug-likeness (QED) is 0.843. The van der Waals surface area contributed by atoms with Crippen molar-refractivity contribution in [1.29, 1.82) is 0 Å². The molecule has 0 saturated carbocycles. The van der Waals surface area contributed by atoms with Crippen LogP contribution in [-0.4, -0.2) is 31.6 Å². The first-order chi connectivity index (χ1) is 12.1. The van der Waals surface area contributed by atoms with Crippen LogP contribution in [0, 0.1) is 5.82 Å². The van der Waals surface area contributed by atoms with Crippen molar-refractivity contribution in [1.82, 2.24) is 0 Å². The Kier molecular flexibility index (Phi) is 5.23. The molecule has 2 N–H and O–H groups in total. The maximum absolute atomic E-state index is 12.8. The number of amides is 1. The highest BCUT2D eigenvalue weighted by Crippen LogP contribution is 2.20. The highest BCUT2D eigenvalue weighted by molar-refractivity contribution is 5.97. The molecule has 0 radical (unpaired) electrons. The van der Waals surface area contributed by atoms with Crippen LogP contribution < -0.4 is 15.2 Å². The molecule has 1 amide bonds. The minimum Gasteiger partial charge on any atom is -0.452 e. The summed E-state index contributed by atoms with van der Waals surface area (Å²) in [5, 5.41) is 2.54. The van der Waals surface area contributed by atoms with Gasteiger partial charge in [-0.1, -0.05) is 0 Å². The lowest BCUT2D eigenvalue weighted by Crippen LogP contribution is -2.29. The molecular weight excluding hydrogens is 325 g/mol. The third kappa shape index (κ3) is 4.32. The normalized spacial score (nSPS) is 13.6. The fourth-order valence-corrected chi connectivity index (χ4v) is 2.73. The summed E-state index contributed by atoms with van der Waals surface area (Å²) in [4.78, 5) is 29.4. The van der Waals surface area contributed by atoms with Gasteiger partial charge in [0.25, 0.3) is 11.7 Å². The van der Waals surface area contributed by atoms with Gasteiger partial charge in [-0.3, -0.25) is 9.69 Å². The summed E-state index contributed by atoms with van der Waals surface area (Å²) in [7, 11) is 0. The van der Waals surface area contributed by atoms with E-state index in [9.17, 15) is 14.0 Å². The maximum Gasteiger partial charge on any atom is 0.347 e. The second kappa shape index (κ2) is 7.74. The maximum atomic E-state index is 12.8. The predicted molar refractivity (Wildman–Crippen MR) is 89.8 cm³/mol. The average Bonchev–Trinajstić information content (AvgIpc) is 3.16. The molecule has 1 aromatic heterocycles. The number of carbonyl (C=O) groups is 2. The van der Waals surface area contributed by atoms with Crippen molar-refractivity contribution in [2.45, 2.75) is 12.8 Å². The van der Waals surface area contributed by atoms with E-state index < -0.39 is 18.5 Å². The molecule has 7 heteroatoms. The molecule has 2 aromatic rings. The van der Waals surface area contributed by atoms with Crippen LogP contribution >= 0.6 is 0 Å². The first-order valence-corrected chi connectivity index (χ1v) is 8.12. The van der Waals surface area contributed by atoms with E-state index in [1.807, 2.05) is 0 Å². The number of nitrogens with one attached hydrogen (secondary N) is 2. The molecular formula is C18H19FN3O3+. The zero-order valence-corrected chi connectivity index (χ0v) is 13.6. The number of hydrogen-bond donors (Lipinski definition) is 1. The fraction of sp³-hybridized carbons (Fsp3) is 0.278.